The van der Waals surface area contributed by atoms with E-state index in [-0.39, 0.29) is 22.8 Å². The molecule has 2 aromatic carbocycles. The Bertz CT molecular complexity index is 1200. The molecule has 0 saturated heterocycles. The second-order valence-electron chi connectivity index (χ2n) is 6.46. The third-order valence-electron chi connectivity index (χ3n) is 4.78. The topological polar surface area (TPSA) is 125 Å². The van der Waals surface area contributed by atoms with E-state index < -0.39 is 5.97 Å². The van der Waals surface area contributed by atoms with Gasteiger partial charge in [-0.1, -0.05) is 12.1 Å². The molecule has 30 heavy (non-hydrogen) atoms. The Kier molecular flexibility index (Phi) is 4.71. The number of methoxy groups -OCH3 is 3. The second-order valence-corrected chi connectivity index (χ2v) is 6.46. The number of nitrogen functional groups attached to an aromatic ring is 1. The number of esters is 1. The van der Waals surface area contributed by atoms with Gasteiger partial charge in [0, 0.05) is 18.2 Å². The van der Waals surface area contributed by atoms with Crippen LogP contribution in [0.15, 0.2) is 42.5 Å². The third kappa shape index (κ3) is 2.96. The molecule has 0 amide bonds. The number of fused-ring (bicyclic) bond motifs is 1. The van der Waals surface area contributed by atoms with Crippen LogP contribution >= 0.6 is 0 Å². The maximum Gasteiger partial charge on any atom is 0.359 e. The molecule has 9 heteroatoms. The van der Waals surface area contributed by atoms with Gasteiger partial charge in [0.1, 0.15) is 28.7 Å². The Labute approximate surface area is 171 Å². The summed E-state index contributed by atoms with van der Waals surface area (Å²) < 4.78 is 16.9. The third-order valence-corrected chi connectivity index (χ3v) is 4.78. The van der Waals surface area contributed by atoms with E-state index in [0.29, 0.717) is 28.5 Å². The Balaban J connectivity index is 2.02. The first kappa shape index (κ1) is 19.2. The minimum absolute atomic E-state index is 0.0993. The minimum Gasteiger partial charge on any atom is -0.505 e. The number of imidazole rings is 1. The summed E-state index contributed by atoms with van der Waals surface area (Å²) in [5.41, 5.74) is 8.38. The van der Waals surface area contributed by atoms with Crippen molar-refractivity contribution in [2.24, 2.45) is 0 Å². The molecule has 9 nitrogen and oxygen atoms in total. The lowest BCUT2D eigenvalue weighted by Crippen LogP contribution is -2.11. The zero-order chi connectivity index (χ0) is 21.4. The Hall–Kier alpha value is -4.14. The van der Waals surface area contributed by atoms with Crippen molar-refractivity contribution in [1.29, 1.82) is 0 Å². The van der Waals surface area contributed by atoms with Crippen molar-refractivity contribution in [2.75, 3.05) is 27.1 Å². The first-order chi connectivity index (χ1) is 14.5. The highest BCUT2D eigenvalue weighted by atomic mass is 16.5. The summed E-state index contributed by atoms with van der Waals surface area (Å²) in [6.45, 7) is 0. The average molecular weight is 408 g/mol. The highest BCUT2D eigenvalue weighted by Crippen LogP contribution is 2.42. The van der Waals surface area contributed by atoms with E-state index in [1.807, 2.05) is 24.3 Å². The maximum atomic E-state index is 12.6. The van der Waals surface area contributed by atoms with Gasteiger partial charge in [-0.2, -0.15) is 0 Å². The van der Waals surface area contributed by atoms with Gasteiger partial charge in [0.2, 0.25) is 0 Å². The van der Waals surface area contributed by atoms with Crippen LogP contribution in [0, 0.1) is 0 Å². The number of anilines is 1. The van der Waals surface area contributed by atoms with E-state index in [4.69, 9.17) is 19.9 Å². The van der Waals surface area contributed by atoms with Gasteiger partial charge in [-0.15, -0.1) is 0 Å². The highest BCUT2D eigenvalue weighted by molar-refractivity contribution is 5.99. The van der Waals surface area contributed by atoms with Crippen molar-refractivity contribution in [2.45, 2.75) is 0 Å². The number of carbonyl (C=O) groups excluding carboxylic acids is 1. The van der Waals surface area contributed by atoms with Gasteiger partial charge in [-0.05, 0) is 12.1 Å². The lowest BCUT2D eigenvalue weighted by molar-refractivity contribution is 0.0588. The van der Waals surface area contributed by atoms with Crippen molar-refractivity contribution in [3.05, 3.63) is 48.2 Å². The number of benzene rings is 2. The standard InChI is InChI=1S/C21H20N4O5/c1-28-12-8-11(9-13(10-12)29-2)25-17(21(27)30-3)18(26)16(19(25)22)20-23-14-6-4-5-7-15(14)24-20/h4-10,26H,22H2,1-3H3,(H,23,24). The summed E-state index contributed by atoms with van der Waals surface area (Å²) in [6.07, 6.45) is 0. The van der Waals surface area contributed by atoms with Gasteiger partial charge in [-0.25, -0.2) is 9.78 Å². The van der Waals surface area contributed by atoms with Crippen LogP contribution in [0.5, 0.6) is 17.2 Å². The van der Waals surface area contributed by atoms with Crippen molar-refractivity contribution >= 4 is 22.8 Å². The number of H-pyrrole nitrogens is 1. The number of ether oxygens (including phenoxy) is 3. The van der Waals surface area contributed by atoms with Crippen molar-refractivity contribution in [3.8, 4) is 34.3 Å². The van der Waals surface area contributed by atoms with Crippen LogP contribution < -0.4 is 15.2 Å². The van der Waals surface area contributed by atoms with Crippen molar-refractivity contribution in [1.82, 2.24) is 14.5 Å². The lowest BCUT2D eigenvalue weighted by atomic mass is 10.2. The Morgan fingerprint density at radius 1 is 1.10 bits per heavy atom. The van der Waals surface area contributed by atoms with Crippen molar-refractivity contribution in [3.63, 3.8) is 0 Å². The molecule has 0 radical (unpaired) electrons. The lowest BCUT2D eigenvalue weighted by Gasteiger charge is -2.13. The van der Waals surface area contributed by atoms with Crippen LogP contribution in [-0.2, 0) is 4.74 Å². The molecule has 0 fully saturated rings. The number of hydrogen-bond acceptors (Lipinski definition) is 7. The molecule has 0 atom stereocenters. The molecule has 4 rings (SSSR count). The van der Waals surface area contributed by atoms with Gasteiger partial charge < -0.3 is 30.0 Å². The first-order valence-corrected chi connectivity index (χ1v) is 8.98. The molecule has 0 saturated carbocycles. The number of hydrogen-bond donors (Lipinski definition) is 3. The fraction of sp³-hybridized carbons (Fsp3) is 0.143. The van der Waals surface area contributed by atoms with E-state index in [2.05, 4.69) is 9.97 Å². The van der Waals surface area contributed by atoms with E-state index in [9.17, 15) is 9.90 Å². The predicted molar refractivity (Wildman–Crippen MR) is 111 cm³/mol. The number of para-hydroxylation sites is 2. The van der Waals surface area contributed by atoms with Gasteiger partial charge in [0.25, 0.3) is 0 Å². The van der Waals surface area contributed by atoms with Crippen LogP contribution in [0.1, 0.15) is 10.5 Å². The zero-order valence-corrected chi connectivity index (χ0v) is 16.6. The number of carbonyl (C=O) groups is 1. The van der Waals surface area contributed by atoms with Crippen molar-refractivity contribution < 1.29 is 24.1 Å². The molecule has 4 aromatic rings. The zero-order valence-electron chi connectivity index (χ0n) is 16.6. The largest absolute Gasteiger partial charge is 0.505 e. The SMILES string of the molecule is COC(=O)c1c(O)c(-c2nc3ccccc3[nH]2)c(N)n1-c1cc(OC)cc(OC)c1. The summed E-state index contributed by atoms with van der Waals surface area (Å²) in [4.78, 5) is 20.2. The fourth-order valence-electron chi connectivity index (χ4n) is 3.36. The van der Waals surface area contributed by atoms with E-state index in [1.54, 1.807) is 18.2 Å². The van der Waals surface area contributed by atoms with E-state index in [1.165, 1.54) is 25.9 Å². The molecule has 0 bridgehead atoms. The summed E-state index contributed by atoms with van der Waals surface area (Å²) in [5, 5.41) is 11.0. The number of nitrogens with zero attached hydrogens (tertiary/aromatic N) is 2. The monoisotopic (exact) mass is 408 g/mol. The smallest absolute Gasteiger partial charge is 0.359 e. The summed E-state index contributed by atoms with van der Waals surface area (Å²) in [5.74, 6) is 0.284. The predicted octanol–water partition coefficient (Wildman–Crippen LogP) is 3.11. The van der Waals surface area contributed by atoms with Crippen LogP contribution in [0.4, 0.5) is 5.82 Å². The van der Waals surface area contributed by atoms with E-state index in [0.717, 1.165) is 5.52 Å². The summed E-state index contributed by atoms with van der Waals surface area (Å²) in [6, 6.07) is 12.4. The quantitative estimate of drug-likeness (QED) is 0.433. The molecule has 0 aliphatic carbocycles. The van der Waals surface area contributed by atoms with Gasteiger partial charge in [0.05, 0.1) is 38.1 Å². The Morgan fingerprint density at radius 3 is 2.37 bits per heavy atom. The molecule has 0 aliphatic rings. The Morgan fingerprint density at radius 2 is 1.77 bits per heavy atom. The highest BCUT2D eigenvalue weighted by Gasteiger charge is 2.30. The number of aromatic hydroxyl groups is 1. The van der Waals surface area contributed by atoms with Gasteiger partial charge in [-0.3, -0.25) is 4.57 Å². The molecule has 154 valence electrons. The molecular weight excluding hydrogens is 388 g/mol. The summed E-state index contributed by atoms with van der Waals surface area (Å²) >= 11 is 0. The van der Waals surface area contributed by atoms with Crippen LogP contribution in [0.25, 0.3) is 28.1 Å². The number of aromatic amines is 1. The average Bonchev–Trinajstić information content (AvgIpc) is 3.30. The first-order valence-electron chi connectivity index (χ1n) is 8.98. The molecule has 0 aliphatic heterocycles. The van der Waals surface area contributed by atoms with Crippen LogP contribution in [0.3, 0.4) is 0 Å². The molecule has 0 unspecified atom stereocenters. The molecule has 2 heterocycles. The second kappa shape index (κ2) is 7.36. The van der Waals surface area contributed by atoms with Crippen LogP contribution in [0.2, 0.25) is 0 Å². The maximum absolute atomic E-state index is 12.6. The van der Waals surface area contributed by atoms with Gasteiger partial charge in [0.15, 0.2) is 11.4 Å². The number of nitrogens with two attached hydrogens (primary N) is 1. The molecule has 2 aromatic heterocycles. The number of nitrogens with one attached hydrogen (secondary N) is 1. The summed E-state index contributed by atoms with van der Waals surface area (Å²) in [7, 11) is 4.24. The normalized spacial score (nSPS) is 10.9. The van der Waals surface area contributed by atoms with Gasteiger partial charge >= 0.3 is 5.97 Å². The molecule has 0 spiro atoms. The number of aromatic nitrogens is 3. The fourth-order valence-corrected chi connectivity index (χ4v) is 3.36. The molecule has 4 N–H and O–H groups in total. The number of rotatable bonds is 5. The van der Waals surface area contributed by atoms with Crippen LogP contribution in [-0.4, -0.2) is 46.9 Å². The molecular formula is C21H20N4O5. The minimum atomic E-state index is -0.761. The van der Waals surface area contributed by atoms with E-state index >= 15 is 0 Å².